The van der Waals surface area contributed by atoms with E-state index in [9.17, 15) is 4.79 Å². The summed E-state index contributed by atoms with van der Waals surface area (Å²) in [5.41, 5.74) is 0.246. The van der Waals surface area contributed by atoms with Gasteiger partial charge in [-0.15, -0.1) is 0 Å². The third kappa shape index (κ3) is 2.62. The van der Waals surface area contributed by atoms with Crippen LogP contribution in [0.1, 0.15) is 37.2 Å². The first-order valence-electron chi connectivity index (χ1n) is 6.94. The summed E-state index contributed by atoms with van der Waals surface area (Å²) in [6.45, 7) is 13.3. The van der Waals surface area contributed by atoms with E-state index < -0.39 is 5.97 Å². The highest BCUT2D eigenvalue weighted by atomic mass is 16.5. The van der Waals surface area contributed by atoms with Crippen molar-refractivity contribution in [3.8, 4) is 0 Å². The molecule has 1 fully saturated rings. The Kier molecular flexibility index (Phi) is 4.28. The summed E-state index contributed by atoms with van der Waals surface area (Å²) >= 11 is 0. The normalized spacial score (nSPS) is 16.0. The zero-order chi connectivity index (χ0) is 14.7. The van der Waals surface area contributed by atoms with Gasteiger partial charge in [0, 0.05) is 20.1 Å². The van der Waals surface area contributed by atoms with E-state index >= 15 is 0 Å². The molecule has 0 amide bonds. The molecular weight excluding hydrogens is 256 g/mol. The van der Waals surface area contributed by atoms with Crippen LogP contribution in [0.2, 0.25) is 0 Å². The topological polar surface area (TPSA) is 51.7 Å². The second-order valence-electron chi connectivity index (χ2n) is 5.14. The smallest absolute Gasteiger partial charge is 0.345 e. The van der Waals surface area contributed by atoms with E-state index in [1.54, 1.807) is 18.5 Å². The maximum atomic E-state index is 11.9. The van der Waals surface area contributed by atoms with Gasteiger partial charge in [0.25, 0.3) is 0 Å². The van der Waals surface area contributed by atoms with Crippen molar-refractivity contribution in [3.63, 3.8) is 0 Å². The van der Waals surface area contributed by atoms with E-state index in [1.165, 1.54) is 0 Å². The van der Waals surface area contributed by atoms with Crippen LogP contribution in [0, 0.1) is 12.5 Å². The highest BCUT2D eigenvalue weighted by Gasteiger charge is 2.29. The molecule has 0 bridgehead atoms. The van der Waals surface area contributed by atoms with Crippen LogP contribution in [0.15, 0.2) is 0 Å². The van der Waals surface area contributed by atoms with Crippen LogP contribution in [0.25, 0.3) is 4.85 Å². The highest BCUT2D eigenvalue weighted by Crippen LogP contribution is 2.28. The Hall–Kier alpha value is -2.03. The van der Waals surface area contributed by atoms with E-state index in [0.717, 1.165) is 31.8 Å². The molecule has 2 rings (SSSR count). The van der Waals surface area contributed by atoms with Gasteiger partial charge in [-0.2, -0.15) is 0 Å². The predicted molar refractivity (Wildman–Crippen MR) is 76.0 cm³/mol. The van der Waals surface area contributed by atoms with Gasteiger partial charge in [-0.3, -0.25) is 4.57 Å². The van der Waals surface area contributed by atoms with Gasteiger partial charge in [0.05, 0.1) is 6.61 Å². The maximum Gasteiger partial charge on any atom is 0.345 e. The van der Waals surface area contributed by atoms with E-state index in [-0.39, 0.29) is 18.1 Å². The molecule has 1 aromatic heterocycles. The molecule has 1 saturated heterocycles. The van der Waals surface area contributed by atoms with Crippen LogP contribution in [0.4, 0.5) is 11.8 Å². The summed E-state index contributed by atoms with van der Waals surface area (Å²) in [4.78, 5) is 21.8. The first-order valence-corrected chi connectivity index (χ1v) is 6.94. The van der Waals surface area contributed by atoms with Gasteiger partial charge in [-0.05, 0) is 25.7 Å². The Morgan fingerprint density at radius 2 is 2.15 bits per heavy atom. The van der Waals surface area contributed by atoms with Crippen molar-refractivity contribution in [2.45, 2.75) is 26.7 Å². The molecule has 2 heterocycles. The van der Waals surface area contributed by atoms with Crippen molar-refractivity contribution in [1.82, 2.24) is 9.55 Å². The van der Waals surface area contributed by atoms with Gasteiger partial charge < -0.3 is 14.5 Å². The number of piperidine rings is 1. The molecule has 0 saturated carbocycles. The highest BCUT2D eigenvalue weighted by molar-refractivity contribution is 5.94. The molecule has 0 atom stereocenters. The number of nitrogens with zero attached hydrogens (tertiary/aromatic N) is 4. The molecule has 0 spiro atoms. The second kappa shape index (κ2) is 5.95. The Morgan fingerprint density at radius 1 is 1.50 bits per heavy atom. The van der Waals surface area contributed by atoms with Crippen LogP contribution >= 0.6 is 0 Å². The zero-order valence-corrected chi connectivity index (χ0v) is 12.2. The molecule has 1 aliphatic heterocycles. The number of imidazole rings is 1. The lowest BCUT2D eigenvalue weighted by molar-refractivity contribution is 0.0517. The Morgan fingerprint density at radius 3 is 2.70 bits per heavy atom. The minimum Gasteiger partial charge on any atom is -0.462 e. The largest absolute Gasteiger partial charge is 0.462 e. The number of esters is 1. The lowest BCUT2D eigenvalue weighted by atomic mass is 10.00. The fourth-order valence-corrected chi connectivity index (χ4v) is 2.47. The van der Waals surface area contributed by atoms with E-state index in [2.05, 4.69) is 21.7 Å². The summed E-state index contributed by atoms with van der Waals surface area (Å²) in [5, 5.41) is 0. The quantitative estimate of drug-likeness (QED) is 0.628. The third-order valence-electron chi connectivity index (χ3n) is 3.69. The number of carbonyl (C=O) groups is 1. The molecule has 6 nitrogen and oxygen atoms in total. The molecule has 0 aliphatic carbocycles. The van der Waals surface area contributed by atoms with Crippen molar-refractivity contribution in [1.29, 1.82) is 0 Å². The van der Waals surface area contributed by atoms with Crippen molar-refractivity contribution in [2.75, 3.05) is 24.6 Å². The standard InChI is InChI=1S/C14H20N4O2/c1-5-20-13(19)11-12(15-3)16-14(17(11)4)18-8-6-10(2)7-9-18/h10H,5-9H2,1-2,4H3. The monoisotopic (exact) mass is 276 g/mol. The zero-order valence-electron chi connectivity index (χ0n) is 12.2. The maximum absolute atomic E-state index is 11.9. The first kappa shape index (κ1) is 14.4. The average molecular weight is 276 g/mol. The van der Waals surface area contributed by atoms with E-state index in [1.807, 2.05) is 0 Å². The van der Waals surface area contributed by atoms with Crippen LogP contribution in [-0.2, 0) is 11.8 Å². The lowest BCUT2D eigenvalue weighted by Crippen LogP contribution is -2.34. The Labute approximate surface area is 119 Å². The minimum atomic E-state index is -0.481. The molecular formula is C14H20N4O2. The van der Waals surface area contributed by atoms with Gasteiger partial charge in [-0.25, -0.2) is 4.79 Å². The van der Waals surface area contributed by atoms with Gasteiger partial charge in [0.1, 0.15) is 0 Å². The predicted octanol–water partition coefficient (Wildman–Crippen LogP) is 2.38. The van der Waals surface area contributed by atoms with Gasteiger partial charge in [0.2, 0.25) is 0 Å². The van der Waals surface area contributed by atoms with Crippen LogP contribution in [0.3, 0.4) is 0 Å². The van der Waals surface area contributed by atoms with Gasteiger partial charge >= 0.3 is 17.7 Å². The van der Waals surface area contributed by atoms with Crippen molar-refractivity contribution < 1.29 is 9.53 Å². The summed E-state index contributed by atoms with van der Waals surface area (Å²) < 4.78 is 6.69. The molecule has 20 heavy (non-hydrogen) atoms. The molecule has 1 aliphatic rings. The first-order chi connectivity index (χ1) is 9.58. The second-order valence-corrected chi connectivity index (χ2v) is 5.14. The summed E-state index contributed by atoms with van der Waals surface area (Å²) in [5.74, 6) is 1.05. The molecule has 108 valence electrons. The van der Waals surface area contributed by atoms with Crippen LogP contribution < -0.4 is 4.90 Å². The molecule has 0 aromatic carbocycles. The average Bonchev–Trinajstić information content (AvgIpc) is 2.77. The number of aromatic nitrogens is 2. The number of ether oxygens (including phenoxy) is 1. The number of hydrogen-bond acceptors (Lipinski definition) is 4. The Bertz CT molecular complexity index is 536. The van der Waals surface area contributed by atoms with E-state index in [0.29, 0.717) is 5.95 Å². The van der Waals surface area contributed by atoms with Crippen LogP contribution in [0.5, 0.6) is 0 Å². The van der Waals surface area contributed by atoms with Crippen LogP contribution in [-0.4, -0.2) is 35.2 Å². The number of rotatable bonds is 3. The molecule has 0 radical (unpaired) electrons. The summed E-state index contributed by atoms with van der Waals surface area (Å²) in [6.07, 6.45) is 2.21. The fourth-order valence-electron chi connectivity index (χ4n) is 2.47. The fraction of sp³-hybridized carbons (Fsp3) is 0.643. The number of anilines is 1. The van der Waals surface area contributed by atoms with Crippen molar-refractivity contribution in [3.05, 3.63) is 17.1 Å². The number of hydrogen-bond donors (Lipinski definition) is 0. The summed E-state index contributed by atoms with van der Waals surface area (Å²) in [7, 11) is 1.77. The Balaban J connectivity index is 2.32. The molecule has 0 N–H and O–H groups in total. The summed E-state index contributed by atoms with van der Waals surface area (Å²) in [6, 6.07) is 0. The third-order valence-corrected chi connectivity index (χ3v) is 3.69. The molecule has 0 unspecified atom stereocenters. The van der Waals surface area contributed by atoms with Crippen molar-refractivity contribution >= 4 is 17.7 Å². The molecule has 6 heteroatoms. The SMILES string of the molecule is [C-]#[N+]c1nc(N2CCC(C)CC2)n(C)c1C(=O)OCC. The van der Waals surface area contributed by atoms with Gasteiger partial charge in [0.15, 0.2) is 5.69 Å². The minimum absolute atomic E-state index is 0.125. The van der Waals surface area contributed by atoms with E-state index in [4.69, 9.17) is 11.3 Å². The lowest BCUT2D eigenvalue weighted by Gasteiger charge is -2.29. The van der Waals surface area contributed by atoms with Crippen molar-refractivity contribution in [2.24, 2.45) is 13.0 Å². The van der Waals surface area contributed by atoms with Gasteiger partial charge in [-0.1, -0.05) is 18.5 Å². The molecule has 1 aromatic rings. The number of carbonyl (C=O) groups excluding carboxylic acids is 1.